The molecule has 0 amide bonds. The summed E-state index contributed by atoms with van der Waals surface area (Å²) >= 11 is 0. The quantitative estimate of drug-likeness (QED) is 0.120. The Balaban J connectivity index is 0.928. The standard InChI is InChI=1S/C96H78BN3/c1-95(2,3)77-54-74-32-33-75-55-78(96(4,5)6)60-85-84(57-76(56-77)92(74)93(75)85)73-43-53-87-89(59-73)100(82-50-40-71(41-51-82)66-28-18-10-19-29-66)91-62-83(98(79-44-34-68(35-45-79)63-22-12-7-13-23-63)80-46-36-69(37-47-80)64-24-14-8-15-25-64)61-90-94(91)97(87)86-52-42-72(67-30-20-11-21-31-67)58-88(86)99(90)81-48-38-70(39-49-81)65-26-16-9-17-27-65/h7-54,56-62,75,92-93H,55H2,1-6H3. The highest BCUT2D eigenvalue weighted by Gasteiger charge is 2.48. The minimum absolute atomic E-state index is 0.00883. The van der Waals surface area contributed by atoms with Crippen molar-refractivity contribution in [3.63, 3.8) is 0 Å². The smallest absolute Gasteiger partial charge is 0.252 e. The van der Waals surface area contributed by atoms with Gasteiger partial charge in [-0.05, 0) is 201 Å². The summed E-state index contributed by atoms with van der Waals surface area (Å²) in [5, 5.41) is 0. The highest BCUT2D eigenvalue weighted by atomic mass is 15.2. The van der Waals surface area contributed by atoms with Gasteiger partial charge < -0.3 is 14.7 Å². The third-order valence-electron chi connectivity index (χ3n) is 22.0. The molecular weight excluding hydrogens is 1210 g/mol. The summed E-state index contributed by atoms with van der Waals surface area (Å²) in [6, 6.07) is 111. The Labute approximate surface area is 590 Å². The van der Waals surface area contributed by atoms with Crippen LogP contribution in [-0.4, -0.2) is 6.71 Å². The number of anilines is 9. The van der Waals surface area contributed by atoms with E-state index in [2.05, 4.69) is 390 Å². The van der Waals surface area contributed by atoms with Gasteiger partial charge in [0.1, 0.15) is 0 Å². The summed E-state index contributed by atoms with van der Waals surface area (Å²) in [7, 11) is 0. The van der Waals surface area contributed by atoms with E-state index in [0.717, 1.165) is 51.9 Å². The van der Waals surface area contributed by atoms with E-state index in [9.17, 15) is 0 Å². The molecule has 2 aliphatic heterocycles. The van der Waals surface area contributed by atoms with Gasteiger partial charge in [0, 0.05) is 57.3 Å². The van der Waals surface area contributed by atoms with Crippen LogP contribution in [0.3, 0.4) is 0 Å². The Bertz CT molecular complexity index is 5280. The van der Waals surface area contributed by atoms with Gasteiger partial charge in [-0.25, -0.2) is 0 Å². The Kier molecular flexibility index (Phi) is 14.8. The normalized spacial score (nSPS) is 17.1. The lowest BCUT2D eigenvalue weighted by Gasteiger charge is -2.48. The highest BCUT2D eigenvalue weighted by molar-refractivity contribution is 7.00. The molecule has 0 spiro atoms. The minimum atomic E-state index is -0.156. The zero-order chi connectivity index (χ0) is 67.4. The first-order chi connectivity index (χ1) is 48.8. The first kappa shape index (κ1) is 60.9. The van der Waals surface area contributed by atoms with Crippen LogP contribution >= 0.6 is 0 Å². The van der Waals surface area contributed by atoms with Crippen molar-refractivity contribution in [1.82, 2.24) is 0 Å². The molecule has 4 heteroatoms. The van der Waals surface area contributed by atoms with E-state index < -0.39 is 0 Å². The van der Waals surface area contributed by atoms with Gasteiger partial charge >= 0.3 is 0 Å². The Morgan fingerprint density at radius 2 is 0.750 bits per heavy atom. The van der Waals surface area contributed by atoms with E-state index in [1.54, 1.807) is 0 Å². The number of rotatable bonds is 11. The van der Waals surface area contributed by atoms with Gasteiger partial charge in [0.05, 0.1) is 5.69 Å². The van der Waals surface area contributed by atoms with Crippen molar-refractivity contribution in [3.05, 3.63) is 367 Å². The maximum Gasteiger partial charge on any atom is 0.252 e. The Morgan fingerprint density at radius 3 is 1.19 bits per heavy atom. The fourth-order valence-corrected chi connectivity index (χ4v) is 16.8. The average Bonchev–Trinajstić information content (AvgIpc) is 0.698. The molecule has 3 nitrogen and oxygen atoms in total. The Hall–Kier alpha value is -11.5. The largest absolute Gasteiger partial charge is 0.311 e. The van der Waals surface area contributed by atoms with Crippen LogP contribution in [0, 0.1) is 28.6 Å². The zero-order valence-corrected chi connectivity index (χ0v) is 57.6. The molecule has 0 radical (unpaired) electrons. The summed E-state index contributed by atoms with van der Waals surface area (Å²) in [5.74, 6) is 1.03. The van der Waals surface area contributed by atoms with Crippen LogP contribution in [0.15, 0.2) is 362 Å². The van der Waals surface area contributed by atoms with Crippen molar-refractivity contribution in [1.29, 1.82) is 0 Å². The maximum absolute atomic E-state index is 2.65. The van der Waals surface area contributed by atoms with Crippen molar-refractivity contribution in [2.24, 2.45) is 28.6 Å². The van der Waals surface area contributed by atoms with Crippen molar-refractivity contribution >= 4 is 79.9 Å². The van der Waals surface area contributed by atoms with Gasteiger partial charge in [0.15, 0.2) is 0 Å². The number of allylic oxidation sites excluding steroid dienone is 12. The molecule has 3 atom stereocenters. The molecule has 2 heterocycles. The van der Waals surface area contributed by atoms with Gasteiger partial charge in [-0.1, -0.05) is 308 Å². The lowest BCUT2D eigenvalue weighted by atomic mass is 9.33. The molecule has 6 aliphatic rings. The van der Waals surface area contributed by atoms with E-state index in [1.165, 1.54) is 117 Å². The minimum Gasteiger partial charge on any atom is -0.311 e. The van der Waals surface area contributed by atoms with Gasteiger partial charge in [0.2, 0.25) is 0 Å². The maximum atomic E-state index is 2.65. The van der Waals surface area contributed by atoms with Crippen LogP contribution in [0.2, 0.25) is 0 Å². The van der Waals surface area contributed by atoms with Crippen LogP contribution in [-0.2, 0) is 0 Å². The Morgan fingerprint density at radius 1 is 0.350 bits per heavy atom. The molecule has 0 N–H and O–H groups in total. The third-order valence-corrected chi connectivity index (χ3v) is 22.0. The van der Waals surface area contributed by atoms with E-state index in [1.807, 2.05) is 0 Å². The second-order valence-electron chi connectivity index (χ2n) is 30.1. The van der Waals surface area contributed by atoms with Crippen LogP contribution in [0.5, 0.6) is 0 Å². The molecule has 480 valence electrons. The van der Waals surface area contributed by atoms with Gasteiger partial charge in [-0.2, -0.15) is 0 Å². The van der Waals surface area contributed by atoms with Crippen LogP contribution in [0.1, 0.15) is 53.5 Å². The van der Waals surface area contributed by atoms with Gasteiger partial charge in [-0.15, -0.1) is 0 Å². The second-order valence-corrected chi connectivity index (χ2v) is 30.1. The average molecular weight is 1280 g/mol. The molecule has 4 aliphatic carbocycles. The molecule has 3 unspecified atom stereocenters. The number of hydrogen-bond acceptors (Lipinski definition) is 3. The van der Waals surface area contributed by atoms with Crippen molar-refractivity contribution < 1.29 is 0 Å². The van der Waals surface area contributed by atoms with E-state index in [4.69, 9.17) is 0 Å². The molecule has 0 fully saturated rings. The molecular formula is C96H78BN3. The summed E-state index contributed by atoms with van der Waals surface area (Å²) < 4.78 is 0. The van der Waals surface area contributed by atoms with Crippen molar-refractivity contribution in [2.45, 2.75) is 48.0 Å². The summed E-state index contributed by atoms with van der Waals surface area (Å²) in [4.78, 5) is 7.71. The second kappa shape index (κ2) is 24.2. The predicted octanol–water partition coefficient (Wildman–Crippen LogP) is 24.0. The first-order valence-corrected chi connectivity index (χ1v) is 35.7. The molecule has 0 saturated heterocycles. The fourth-order valence-electron chi connectivity index (χ4n) is 16.8. The van der Waals surface area contributed by atoms with Crippen molar-refractivity contribution in [2.75, 3.05) is 14.7 Å². The lowest BCUT2D eigenvalue weighted by molar-refractivity contribution is 0.329. The molecule has 12 aromatic rings. The van der Waals surface area contributed by atoms with Crippen molar-refractivity contribution in [3.8, 4) is 55.6 Å². The number of benzene rings is 12. The summed E-state index contributed by atoms with van der Waals surface area (Å²) in [5.41, 5.74) is 35.3. The SMILES string of the molecule is CC(C)(C)C1=CC2=CC(c3ccc4c(c3)N(c3ccc(-c5ccccc5)cc3)c3cc(N(c5ccc(-c6ccccc6)cc5)c5ccc(-c6ccccc6)cc5)cc5c3B4c3ccc(-c4ccccc4)cc3N5c3ccc(-c4ccccc4)cc3)=C3C=C(C(C)(C)C)CC4C=CC(=C1)C2C34. The van der Waals surface area contributed by atoms with Crippen LogP contribution < -0.4 is 31.1 Å². The van der Waals surface area contributed by atoms with E-state index >= 15 is 0 Å². The molecule has 18 rings (SSSR count). The molecule has 12 aromatic carbocycles. The first-order valence-electron chi connectivity index (χ1n) is 35.7. The highest BCUT2D eigenvalue weighted by Crippen LogP contribution is 2.58. The van der Waals surface area contributed by atoms with Crippen LogP contribution in [0.25, 0.3) is 61.2 Å². The number of nitrogens with zero attached hydrogens (tertiary/aromatic N) is 3. The number of fused-ring (bicyclic) bond motifs is 4. The monoisotopic (exact) mass is 1280 g/mol. The summed E-state index contributed by atoms with van der Waals surface area (Å²) in [6.45, 7) is 14.2. The third kappa shape index (κ3) is 10.7. The summed E-state index contributed by atoms with van der Waals surface area (Å²) in [6.07, 6.45) is 16.5. The molecule has 0 saturated carbocycles. The topological polar surface area (TPSA) is 9.72 Å². The molecule has 100 heavy (non-hydrogen) atoms. The van der Waals surface area contributed by atoms with E-state index in [0.29, 0.717) is 17.8 Å². The van der Waals surface area contributed by atoms with Gasteiger partial charge in [-0.3, -0.25) is 0 Å². The van der Waals surface area contributed by atoms with Crippen LogP contribution in [0.4, 0.5) is 51.2 Å². The lowest BCUT2D eigenvalue weighted by Crippen LogP contribution is -2.61. The molecule has 0 bridgehead atoms. The van der Waals surface area contributed by atoms with Gasteiger partial charge in [0.25, 0.3) is 6.71 Å². The molecule has 0 aromatic heterocycles. The predicted molar refractivity (Wildman–Crippen MR) is 425 cm³/mol. The number of hydrogen-bond donors (Lipinski definition) is 0. The fraction of sp³-hybridized carbons (Fsp3) is 0.125. The van der Waals surface area contributed by atoms with E-state index in [-0.39, 0.29) is 17.5 Å². The zero-order valence-electron chi connectivity index (χ0n) is 57.6.